The van der Waals surface area contributed by atoms with Crippen molar-refractivity contribution in [3.63, 3.8) is 0 Å². The standard InChI is InChI=1S/C13H18BrN3O/c1-16-7-5-10(6-8-16)13(18)17(2)12-4-3-11(14)9-15-12/h3-4,9-10H,5-8H2,1-2H3. The zero-order valence-electron chi connectivity index (χ0n) is 10.8. The van der Waals surface area contributed by atoms with Crippen molar-refractivity contribution in [2.24, 2.45) is 5.92 Å². The Balaban J connectivity index is 2.02. The number of nitrogens with zero attached hydrogens (tertiary/aromatic N) is 3. The molecule has 0 saturated carbocycles. The van der Waals surface area contributed by atoms with E-state index in [1.165, 1.54) is 0 Å². The number of likely N-dealkylation sites (tertiary alicyclic amines) is 1. The van der Waals surface area contributed by atoms with Gasteiger partial charge in [-0.1, -0.05) is 0 Å². The number of amides is 1. The third kappa shape index (κ3) is 3.09. The number of anilines is 1. The van der Waals surface area contributed by atoms with E-state index < -0.39 is 0 Å². The summed E-state index contributed by atoms with van der Waals surface area (Å²) in [5.41, 5.74) is 0. The Morgan fingerprint density at radius 3 is 2.67 bits per heavy atom. The van der Waals surface area contributed by atoms with E-state index in [-0.39, 0.29) is 11.8 Å². The van der Waals surface area contributed by atoms with Crippen molar-refractivity contribution in [2.45, 2.75) is 12.8 Å². The highest BCUT2D eigenvalue weighted by Crippen LogP contribution is 2.21. The monoisotopic (exact) mass is 311 g/mol. The van der Waals surface area contributed by atoms with Crippen molar-refractivity contribution in [1.82, 2.24) is 9.88 Å². The topological polar surface area (TPSA) is 36.4 Å². The van der Waals surface area contributed by atoms with Crippen LogP contribution in [0, 0.1) is 5.92 Å². The Bertz CT molecular complexity index is 413. The van der Waals surface area contributed by atoms with E-state index in [4.69, 9.17) is 0 Å². The van der Waals surface area contributed by atoms with Gasteiger partial charge in [0.1, 0.15) is 5.82 Å². The van der Waals surface area contributed by atoms with Gasteiger partial charge in [0.25, 0.3) is 0 Å². The normalized spacial score (nSPS) is 17.7. The van der Waals surface area contributed by atoms with Gasteiger partial charge in [-0.15, -0.1) is 0 Å². The van der Waals surface area contributed by atoms with E-state index in [9.17, 15) is 4.79 Å². The second kappa shape index (κ2) is 5.80. The molecule has 98 valence electrons. The van der Waals surface area contributed by atoms with Crippen LogP contribution in [-0.4, -0.2) is 43.0 Å². The summed E-state index contributed by atoms with van der Waals surface area (Å²) in [5.74, 6) is 1.02. The summed E-state index contributed by atoms with van der Waals surface area (Å²) in [7, 11) is 3.90. The molecule has 1 fully saturated rings. The Morgan fingerprint density at radius 1 is 1.44 bits per heavy atom. The quantitative estimate of drug-likeness (QED) is 0.839. The van der Waals surface area contributed by atoms with Crippen LogP contribution in [0.3, 0.4) is 0 Å². The fourth-order valence-corrected chi connectivity index (χ4v) is 2.44. The highest BCUT2D eigenvalue weighted by molar-refractivity contribution is 9.10. The molecule has 1 saturated heterocycles. The van der Waals surface area contributed by atoms with Gasteiger partial charge in [0.15, 0.2) is 0 Å². The SMILES string of the molecule is CN1CCC(C(=O)N(C)c2ccc(Br)cn2)CC1. The van der Waals surface area contributed by atoms with Crippen molar-refractivity contribution in [2.75, 3.05) is 32.1 Å². The van der Waals surface area contributed by atoms with Gasteiger partial charge in [-0.2, -0.15) is 0 Å². The lowest BCUT2D eigenvalue weighted by atomic mass is 9.96. The molecule has 0 N–H and O–H groups in total. The Labute approximate surface area is 116 Å². The van der Waals surface area contributed by atoms with E-state index in [2.05, 4.69) is 32.9 Å². The minimum absolute atomic E-state index is 0.136. The smallest absolute Gasteiger partial charge is 0.231 e. The first-order chi connectivity index (χ1) is 8.58. The van der Waals surface area contributed by atoms with Crippen LogP contribution >= 0.6 is 15.9 Å². The molecule has 1 amide bonds. The molecular weight excluding hydrogens is 294 g/mol. The molecule has 0 radical (unpaired) electrons. The summed E-state index contributed by atoms with van der Waals surface area (Å²) in [6.45, 7) is 2.00. The Hall–Kier alpha value is -0.940. The molecule has 1 aromatic heterocycles. The molecule has 2 rings (SSSR count). The summed E-state index contributed by atoms with van der Waals surface area (Å²) in [4.78, 5) is 20.5. The fourth-order valence-electron chi connectivity index (χ4n) is 2.21. The molecule has 1 aliphatic heterocycles. The van der Waals surface area contributed by atoms with Gasteiger partial charge >= 0.3 is 0 Å². The first kappa shape index (κ1) is 13.5. The summed E-state index contributed by atoms with van der Waals surface area (Å²) < 4.78 is 0.923. The lowest BCUT2D eigenvalue weighted by Crippen LogP contribution is -2.40. The van der Waals surface area contributed by atoms with E-state index >= 15 is 0 Å². The summed E-state index contributed by atoms with van der Waals surface area (Å²) >= 11 is 3.34. The maximum Gasteiger partial charge on any atom is 0.231 e. The van der Waals surface area contributed by atoms with Crippen LogP contribution in [0.25, 0.3) is 0 Å². The van der Waals surface area contributed by atoms with Crippen LogP contribution in [0.4, 0.5) is 5.82 Å². The minimum Gasteiger partial charge on any atom is -0.306 e. The van der Waals surface area contributed by atoms with Gasteiger partial charge in [-0.25, -0.2) is 4.98 Å². The Morgan fingerprint density at radius 2 is 2.11 bits per heavy atom. The van der Waals surface area contributed by atoms with Crippen molar-refractivity contribution >= 4 is 27.7 Å². The lowest BCUT2D eigenvalue weighted by molar-refractivity contribution is -0.123. The number of piperidine rings is 1. The van der Waals surface area contributed by atoms with Crippen LogP contribution in [0.1, 0.15) is 12.8 Å². The Kier molecular flexibility index (Phi) is 4.35. The second-order valence-electron chi connectivity index (χ2n) is 4.81. The number of carbonyl (C=O) groups is 1. The molecule has 4 nitrogen and oxygen atoms in total. The van der Waals surface area contributed by atoms with Crippen molar-refractivity contribution < 1.29 is 4.79 Å². The number of aromatic nitrogens is 1. The van der Waals surface area contributed by atoms with Crippen LogP contribution in [-0.2, 0) is 4.79 Å². The molecule has 2 heterocycles. The van der Waals surface area contributed by atoms with E-state index in [0.29, 0.717) is 5.82 Å². The van der Waals surface area contributed by atoms with Gasteiger partial charge in [-0.05, 0) is 61.0 Å². The average molecular weight is 312 g/mol. The molecule has 0 unspecified atom stereocenters. The predicted molar refractivity (Wildman–Crippen MR) is 75.6 cm³/mol. The molecule has 18 heavy (non-hydrogen) atoms. The zero-order chi connectivity index (χ0) is 13.1. The predicted octanol–water partition coefficient (Wildman–Crippen LogP) is 2.15. The zero-order valence-corrected chi connectivity index (χ0v) is 12.4. The molecule has 1 aromatic rings. The molecule has 0 aliphatic carbocycles. The number of rotatable bonds is 2. The fraction of sp³-hybridized carbons (Fsp3) is 0.538. The maximum absolute atomic E-state index is 12.3. The van der Waals surface area contributed by atoms with Crippen molar-refractivity contribution in [3.8, 4) is 0 Å². The van der Waals surface area contributed by atoms with Gasteiger partial charge in [0.2, 0.25) is 5.91 Å². The van der Waals surface area contributed by atoms with E-state index in [1.807, 2.05) is 12.1 Å². The molecular formula is C13H18BrN3O. The first-order valence-electron chi connectivity index (χ1n) is 6.15. The summed E-state index contributed by atoms with van der Waals surface area (Å²) in [6, 6.07) is 3.76. The number of pyridine rings is 1. The minimum atomic E-state index is 0.136. The molecule has 0 spiro atoms. The maximum atomic E-state index is 12.3. The molecule has 1 aliphatic rings. The molecule has 0 aromatic carbocycles. The van der Waals surface area contributed by atoms with Gasteiger partial charge in [0.05, 0.1) is 0 Å². The van der Waals surface area contributed by atoms with Crippen LogP contribution < -0.4 is 4.90 Å². The van der Waals surface area contributed by atoms with Gasteiger partial charge in [0, 0.05) is 23.6 Å². The number of hydrogen-bond acceptors (Lipinski definition) is 3. The van der Waals surface area contributed by atoms with Crippen LogP contribution in [0.15, 0.2) is 22.8 Å². The first-order valence-corrected chi connectivity index (χ1v) is 6.95. The van der Waals surface area contributed by atoms with Gasteiger partial charge < -0.3 is 4.90 Å². The van der Waals surface area contributed by atoms with Crippen LogP contribution in [0.5, 0.6) is 0 Å². The average Bonchev–Trinajstić information content (AvgIpc) is 2.39. The summed E-state index contributed by atoms with van der Waals surface area (Å²) in [6.07, 6.45) is 3.60. The van der Waals surface area contributed by atoms with Crippen molar-refractivity contribution in [3.05, 3.63) is 22.8 Å². The van der Waals surface area contributed by atoms with Crippen LogP contribution in [0.2, 0.25) is 0 Å². The number of hydrogen-bond donors (Lipinski definition) is 0. The number of carbonyl (C=O) groups excluding carboxylic acids is 1. The number of halogens is 1. The van der Waals surface area contributed by atoms with E-state index in [0.717, 1.165) is 30.4 Å². The largest absolute Gasteiger partial charge is 0.306 e. The van der Waals surface area contributed by atoms with Crippen molar-refractivity contribution in [1.29, 1.82) is 0 Å². The lowest BCUT2D eigenvalue weighted by Gasteiger charge is -2.30. The molecule has 0 atom stereocenters. The van der Waals surface area contributed by atoms with E-state index in [1.54, 1.807) is 18.1 Å². The highest BCUT2D eigenvalue weighted by Gasteiger charge is 2.26. The summed E-state index contributed by atoms with van der Waals surface area (Å²) in [5, 5.41) is 0. The molecule has 0 bridgehead atoms. The molecule has 5 heteroatoms. The third-order valence-corrected chi connectivity index (χ3v) is 3.92. The second-order valence-corrected chi connectivity index (χ2v) is 5.73. The van der Waals surface area contributed by atoms with Gasteiger partial charge in [-0.3, -0.25) is 9.69 Å². The highest BCUT2D eigenvalue weighted by atomic mass is 79.9. The third-order valence-electron chi connectivity index (χ3n) is 3.45.